The molecule has 0 saturated carbocycles. The van der Waals surface area contributed by atoms with E-state index in [1.54, 1.807) is 0 Å². The third-order valence-corrected chi connectivity index (χ3v) is 3.06. The van der Waals surface area contributed by atoms with Gasteiger partial charge in [0.1, 0.15) is 5.82 Å². The molecule has 6 heteroatoms. The number of nitrogen functional groups attached to an aromatic ring is 1. The van der Waals surface area contributed by atoms with Crippen molar-refractivity contribution in [2.24, 2.45) is 0 Å². The molecule has 1 heterocycles. The molecule has 0 aliphatic rings. The largest absolute Gasteiger partial charge is 0.399 e. The molecule has 21 heavy (non-hydrogen) atoms. The Kier molecular flexibility index (Phi) is 3.35. The average Bonchev–Trinajstić information content (AvgIpc) is 2.93. The van der Waals surface area contributed by atoms with Gasteiger partial charge in [-0.25, -0.2) is 13.8 Å². The zero-order valence-electron chi connectivity index (χ0n) is 11.0. The van der Waals surface area contributed by atoms with E-state index >= 15 is 0 Å². The third-order valence-electron chi connectivity index (χ3n) is 3.06. The van der Waals surface area contributed by atoms with Crippen LogP contribution >= 0.6 is 0 Å². The Labute approximate surface area is 119 Å². The van der Waals surface area contributed by atoms with Crippen molar-refractivity contribution in [3.8, 4) is 11.4 Å². The molecule has 3 aromatic rings. The lowest BCUT2D eigenvalue weighted by Gasteiger charge is -1.98. The van der Waals surface area contributed by atoms with Crippen LogP contribution in [0.15, 0.2) is 42.5 Å². The Bertz CT molecular complexity index is 766. The summed E-state index contributed by atoms with van der Waals surface area (Å²) in [6, 6.07) is 11.0. The molecular formula is C15H12F2N4. The van der Waals surface area contributed by atoms with Gasteiger partial charge in [-0.2, -0.15) is 5.10 Å². The monoisotopic (exact) mass is 286 g/mol. The van der Waals surface area contributed by atoms with Gasteiger partial charge in [0.25, 0.3) is 0 Å². The van der Waals surface area contributed by atoms with Crippen LogP contribution in [0.25, 0.3) is 11.4 Å². The van der Waals surface area contributed by atoms with Crippen molar-refractivity contribution in [3.63, 3.8) is 0 Å². The number of rotatable bonds is 3. The second kappa shape index (κ2) is 5.32. The highest BCUT2D eigenvalue weighted by Gasteiger charge is 2.09. The van der Waals surface area contributed by atoms with Gasteiger partial charge in [-0.1, -0.05) is 12.1 Å². The number of aromatic amines is 1. The minimum absolute atomic E-state index is 0.333. The van der Waals surface area contributed by atoms with Crippen LogP contribution in [0.3, 0.4) is 0 Å². The molecule has 106 valence electrons. The molecule has 3 rings (SSSR count). The minimum atomic E-state index is -0.919. The number of nitrogens with one attached hydrogen (secondary N) is 1. The summed E-state index contributed by atoms with van der Waals surface area (Å²) < 4.78 is 26.1. The molecule has 0 saturated heterocycles. The van der Waals surface area contributed by atoms with Crippen LogP contribution < -0.4 is 5.73 Å². The van der Waals surface area contributed by atoms with E-state index in [0.29, 0.717) is 29.3 Å². The van der Waals surface area contributed by atoms with Crippen molar-refractivity contribution in [1.29, 1.82) is 0 Å². The van der Waals surface area contributed by atoms with Gasteiger partial charge in [0.15, 0.2) is 17.5 Å². The van der Waals surface area contributed by atoms with Gasteiger partial charge in [-0.3, -0.25) is 5.10 Å². The second-order valence-corrected chi connectivity index (χ2v) is 4.65. The van der Waals surface area contributed by atoms with Gasteiger partial charge in [0.05, 0.1) is 0 Å². The van der Waals surface area contributed by atoms with E-state index in [1.165, 1.54) is 6.07 Å². The fourth-order valence-electron chi connectivity index (χ4n) is 1.97. The van der Waals surface area contributed by atoms with Gasteiger partial charge >= 0.3 is 0 Å². The summed E-state index contributed by atoms with van der Waals surface area (Å²) in [6.07, 6.45) is 0.553. The van der Waals surface area contributed by atoms with E-state index in [0.717, 1.165) is 17.7 Å². The van der Waals surface area contributed by atoms with Gasteiger partial charge < -0.3 is 5.73 Å². The van der Waals surface area contributed by atoms with Crippen molar-refractivity contribution in [1.82, 2.24) is 15.2 Å². The molecule has 0 aliphatic heterocycles. The first-order chi connectivity index (χ1) is 10.1. The number of halogens is 2. The zero-order valence-corrected chi connectivity index (χ0v) is 11.0. The number of nitrogens with two attached hydrogens (primary N) is 1. The summed E-state index contributed by atoms with van der Waals surface area (Å²) in [4.78, 5) is 4.28. The second-order valence-electron chi connectivity index (χ2n) is 4.65. The first-order valence-corrected chi connectivity index (χ1v) is 6.33. The zero-order chi connectivity index (χ0) is 14.8. The highest BCUT2D eigenvalue weighted by Crippen LogP contribution is 2.18. The van der Waals surface area contributed by atoms with E-state index < -0.39 is 11.6 Å². The summed E-state index contributed by atoms with van der Waals surface area (Å²) in [5.41, 5.74) is 7.77. The van der Waals surface area contributed by atoms with E-state index in [1.807, 2.05) is 24.3 Å². The molecule has 1 aromatic heterocycles. The van der Waals surface area contributed by atoms with Crippen molar-refractivity contribution < 1.29 is 8.78 Å². The smallest absolute Gasteiger partial charge is 0.181 e. The maximum Gasteiger partial charge on any atom is 0.181 e. The van der Waals surface area contributed by atoms with E-state index in [2.05, 4.69) is 15.2 Å². The van der Waals surface area contributed by atoms with Crippen LogP contribution in [0.5, 0.6) is 0 Å². The quantitative estimate of drug-likeness (QED) is 0.727. The topological polar surface area (TPSA) is 67.6 Å². The number of benzene rings is 2. The molecule has 0 radical (unpaired) electrons. The molecule has 0 unspecified atom stereocenters. The number of nitrogens with zero attached hydrogens (tertiary/aromatic N) is 2. The Morgan fingerprint density at radius 1 is 1.00 bits per heavy atom. The summed E-state index contributed by atoms with van der Waals surface area (Å²) in [7, 11) is 0. The lowest BCUT2D eigenvalue weighted by atomic mass is 10.1. The van der Waals surface area contributed by atoms with E-state index in [4.69, 9.17) is 5.73 Å². The summed E-state index contributed by atoms with van der Waals surface area (Å²) in [6.45, 7) is 0. The van der Waals surface area contributed by atoms with E-state index in [9.17, 15) is 8.78 Å². The van der Waals surface area contributed by atoms with E-state index in [-0.39, 0.29) is 0 Å². The Balaban J connectivity index is 1.82. The maximum absolute atomic E-state index is 13.2. The fraction of sp³-hybridized carbons (Fsp3) is 0.0667. The Morgan fingerprint density at radius 2 is 1.76 bits per heavy atom. The molecule has 0 bridgehead atoms. The van der Waals surface area contributed by atoms with Crippen LogP contribution in [-0.4, -0.2) is 15.2 Å². The van der Waals surface area contributed by atoms with Crippen LogP contribution in [0, 0.1) is 11.6 Å². The summed E-state index contributed by atoms with van der Waals surface area (Å²) >= 11 is 0. The third kappa shape index (κ3) is 2.89. The number of anilines is 1. The molecule has 2 aromatic carbocycles. The first kappa shape index (κ1) is 13.2. The molecule has 0 fully saturated rings. The molecule has 0 spiro atoms. The predicted molar refractivity (Wildman–Crippen MR) is 75.4 cm³/mol. The number of aromatic nitrogens is 3. The predicted octanol–water partition coefficient (Wildman–Crippen LogP) is 2.92. The van der Waals surface area contributed by atoms with Crippen LogP contribution in [-0.2, 0) is 6.42 Å². The average molecular weight is 286 g/mol. The van der Waals surface area contributed by atoms with Gasteiger partial charge in [-0.05, 0) is 35.9 Å². The molecule has 0 atom stereocenters. The van der Waals surface area contributed by atoms with Crippen LogP contribution in [0.4, 0.5) is 14.5 Å². The van der Waals surface area contributed by atoms with Crippen LogP contribution in [0.2, 0.25) is 0 Å². The molecular weight excluding hydrogens is 274 g/mol. The highest BCUT2D eigenvalue weighted by molar-refractivity contribution is 5.54. The highest BCUT2D eigenvalue weighted by atomic mass is 19.2. The number of H-pyrrole nitrogens is 1. The van der Waals surface area contributed by atoms with Crippen LogP contribution in [0.1, 0.15) is 11.4 Å². The standard InChI is InChI=1S/C15H12F2N4/c16-12-6-3-10(8-13(12)17)15-19-14(20-21-15)7-9-1-4-11(18)5-2-9/h1-6,8H,7,18H2,(H,19,20,21). The number of hydrogen-bond donors (Lipinski definition) is 2. The first-order valence-electron chi connectivity index (χ1n) is 6.33. The summed E-state index contributed by atoms with van der Waals surface area (Å²) in [5.74, 6) is -0.840. The lowest BCUT2D eigenvalue weighted by Crippen LogP contribution is -1.92. The van der Waals surface area contributed by atoms with Crippen molar-refractivity contribution in [2.45, 2.75) is 6.42 Å². The minimum Gasteiger partial charge on any atom is -0.399 e. The van der Waals surface area contributed by atoms with Gasteiger partial charge in [-0.15, -0.1) is 0 Å². The summed E-state index contributed by atoms with van der Waals surface area (Å²) in [5, 5.41) is 6.81. The Morgan fingerprint density at radius 3 is 2.48 bits per heavy atom. The van der Waals surface area contributed by atoms with Crippen molar-refractivity contribution >= 4 is 5.69 Å². The lowest BCUT2D eigenvalue weighted by molar-refractivity contribution is 0.509. The molecule has 4 nitrogen and oxygen atoms in total. The molecule has 0 aliphatic carbocycles. The molecule has 3 N–H and O–H groups in total. The molecule has 0 amide bonds. The maximum atomic E-state index is 13.2. The van der Waals surface area contributed by atoms with Crippen molar-refractivity contribution in [2.75, 3.05) is 5.73 Å². The van der Waals surface area contributed by atoms with Crippen molar-refractivity contribution in [3.05, 3.63) is 65.5 Å². The SMILES string of the molecule is Nc1ccc(Cc2nc(-c3ccc(F)c(F)c3)n[nH]2)cc1. The van der Waals surface area contributed by atoms with Gasteiger partial charge in [0, 0.05) is 17.7 Å². The fourth-order valence-corrected chi connectivity index (χ4v) is 1.97. The Hall–Kier alpha value is -2.76. The number of hydrogen-bond acceptors (Lipinski definition) is 3. The van der Waals surface area contributed by atoms with Gasteiger partial charge in [0.2, 0.25) is 0 Å². The normalized spacial score (nSPS) is 10.8.